The van der Waals surface area contributed by atoms with E-state index in [1.807, 2.05) is 27.0 Å². The molecule has 0 radical (unpaired) electrons. The lowest BCUT2D eigenvalue weighted by Gasteiger charge is -2.29. The van der Waals surface area contributed by atoms with Gasteiger partial charge >= 0.3 is 0 Å². The predicted molar refractivity (Wildman–Crippen MR) is 109 cm³/mol. The maximum Gasteiger partial charge on any atom is 0.222 e. The molecule has 0 unspecified atom stereocenters. The first kappa shape index (κ1) is 19.4. The molecule has 3 rings (SSSR count). The summed E-state index contributed by atoms with van der Waals surface area (Å²) in [4.78, 5) is 18.9. The van der Waals surface area contributed by atoms with Crippen LogP contribution in [-0.2, 0) is 16.1 Å². The Labute approximate surface area is 161 Å². The Morgan fingerprint density at radius 1 is 1.19 bits per heavy atom. The third-order valence-corrected chi connectivity index (χ3v) is 5.19. The zero-order chi connectivity index (χ0) is 19.4. The number of aromatic nitrogens is 1. The lowest BCUT2D eigenvalue weighted by molar-refractivity contribution is -0.124. The van der Waals surface area contributed by atoms with Crippen molar-refractivity contribution >= 4 is 11.6 Å². The average molecular weight is 367 g/mol. The first-order chi connectivity index (χ1) is 13.0. The van der Waals surface area contributed by atoms with Crippen LogP contribution >= 0.6 is 0 Å². The Morgan fingerprint density at radius 3 is 2.63 bits per heavy atom. The molecule has 0 atom stereocenters. The molecule has 2 heterocycles. The lowest BCUT2D eigenvalue weighted by atomic mass is 9.95. The highest BCUT2D eigenvalue weighted by Gasteiger charge is 2.16. The molecule has 1 aromatic heterocycles. The molecular formula is C22H29N3O2. The maximum absolute atomic E-state index is 12.1. The number of ether oxygens (including phenoxy) is 1. The highest BCUT2D eigenvalue weighted by atomic mass is 16.5. The number of carbonyl (C=O) groups is 1. The third kappa shape index (κ3) is 4.48. The van der Waals surface area contributed by atoms with Crippen LogP contribution in [0.25, 0.3) is 11.1 Å². The summed E-state index contributed by atoms with van der Waals surface area (Å²) < 4.78 is 5.47. The van der Waals surface area contributed by atoms with Crippen molar-refractivity contribution < 1.29 is 9.53 Å². The highest BCUT2D eigenvalue weighted by molar-refractivity contribution is 5.79. The van der Waals surface area contributed by atoms with Crippen molar-refractivity contribution in [2.75, 3.05) is 31.2 Å². The van der Waals surface area contributed by atoms with E-state index in [9.17, 15) is 4.79 Å². The normalized spacial score (nSPS) is 14.5. The number of anilines is 1. The molecule has 5 heteroatoms. The number of nitrogens with one attached hydrogen (secondary N) is 1. The molecule has 1 N–H and O–H groups in total. The van der Waals surface area contributed by atoms with Crippen molar-refractivity contribution in [3.05, 3.63) is 47.3 Å². The van der Waals surface area contributed by atoms with Crippen LogP contribution in [0.5, 0.6) is 0 Å². The first-order valence-corrected chi connectivity index (χ1v) is 9.63. The summed E-state index contributed by atoms with van der Waals surface area (Å²) in [6.07, 6.45) is 1.85. The molecule has 0 spiro atoms. The number of carbonyl (C=O) groups excluding carboxylic acids is 1. The minimum atomic E-state index is -0.0271. The SMILES string of the molecule is Cc1nccc(-c2ccc(N3CCOCC3)cc2CNC(=O)C(C)C)c1C. The number of pyridine rings is 1. The Kier molecular flexibility index (Phi) is 6.11. The fourth-order valence-electron chi connectivity index (χ4n) is 3.33. The number of hydrogen-bond acceptors (Lipinski definition) is 4. The predicted octanol–water partition coefficient (Wildman–Crippen LogP) is 3.47. The molecule has 1 aliphatic heterocycles. The molecule has 1 saturated heterocycles. The summed E-state index contributed by atoms with van der Waals surface area (Å²) in [5, 5.41) is 3.08. The van der Waals surface area contributed by atoms with Crippen LogP contribution in [0.4, 0.5) is 5.69 Å². The van der Waals surface area contributed by atoms with Crippen LogP contribution in [-0.4, -0.2) is 37.2 Å². The van der Waals surface area contributed by atoms with Gasteiger partial charge in [-0.2, -0.15) is 0 Å². The van der Waals surface area contributed by atoms with Gasteiger partial charge in [0.15, 0.2) is 0 Å². The summed E-state index contributed by atoms with van der Waals surface area (Å²) in [5.41, 5.74) is 6.83. The summed E-state index contributed by atoms with van der Waals surface area (Å²) in [5.74, 6) is 0.0427. The number of nitrogens with zero attached hydrogens (tertiary/aromatic N) is 2. The quantitative estimate of drug-likeness (QED) is 0.879. The molecule has 1 aromatic carbocycles. The van der Waals surface area contributed by atoms with Crippen molar-refractivity contribution in [1.29, 1.82) is 0 Å². The zero-order valence-corrected chi connectivity index (χ0v) is 16.7. The van der Waals surface area contributed by atoms with Crippen molar-refractivity contribution in [1.82, 2.24) is 10.3 Å². The van der Waals surface area contributed by atoms with Crippen LogP contribution < -0.4 is 10.2 Å². The van der Waals surface area contributed by atoms with Gasteiger partial charge in [-0.25, -0.2) is 0 Å². The average Bonchev–Trinajstić information content (AvgIpc) is 2.68. The van der Waals surface area contributed by atoms with Gasteiger partial charge in [0.2, 0.25) is 5.91 Å². The van der Waals surface area contributed by atoms with Gasteiger partial charge in [0.05, 0.1) is 13.2 Å². The topological polar surface area (TPSA) is 54.5 Å². The monoisotopic (exact) mass is 367 g/mol. The minimum Gasteiger partial charge on any atom is -0.378 e. The lowest BCUT2D eigenvalue weighted by Crippen LogP contribution is -2.36. The second kappa shape index (κ2) is 8.53. The minimum absolute atomic E-state index is 0.0271. The Hall–Kier alpha value is -2.40. The maximum atomic E-state index is 12.1. The second-order valence-electron chi connectivity index (χ2n) is 7.38. The molecule has 27 heavy (non-hydrogen) atoms. The van der Waals surface area contributed by atoms with E-state index >= 15 is 0 Å². The summed E-state index contributed by atoms with van der Waals surface area (Å²) >= 11 is 0. The van der Waals surface area contributed by atoms with E-state index in [0.29, 0.717) is 6.54 Å². The summed E-state index contributed by atoms with van der Waals surface area (Å²) in [7, 11) is 0. The number of hydrogen-bond donors (Lipinski definition) is 1. The Morgan fingerprint density at radius 2 is 1.93 bits per heavy atom. The van der Waals surface area contributed by atoms with Crippen molar-refractivity contribution in [3.8, 4) is 11.1 Å². The van der Waals surface area contributed by atoms with E-state index < -0.39 is 0 Å². The highest BCUT2D eigenvalue weighted by Crippen LogP contribution is 2.31. The van der Waals surface area contributed by atoms with Crippen LogP contribution in [0.15, 0.2) is 30.5 Å². The smallest absolute Gasteiger partial charge is 0.222 e. The number of benzene rings is 1. The second-order valence-corrected chi connectivity index (χ2v) is 7.38. The first-order valence-electron chi connectivity index (χ1n) is 9.63. The van der Waals surface area contributed by atoms with Crippen molar-refractivity contribution in [2.24, 2.45) is 5.92 Å². The van der Waals surface area contributed by atoms with Gasteiger partial charge in [-0.1, -0.05) is 19.9 Å². The number of rotatable bonds is 5. The standard InChI is InChI=1S/C22H29N3O2/c1-15(2)22(26)24-14-18-13-19(25-9-11-27-12-10-25)5-6-21(18)20-7-8-23-17(4)16(20)3/h5-8,13,15H,9-12,14H2,1-4H3,(H,24,26). The van der Waals surface area contributed by atoms with Gasteiger partial charge in [0.1, 0.15) is 0 Å². The summed E-state index contributed by atoms with van der Waals surface area (Å²) in [6.45, 7) is 11.8. The number of morpholine rings is 1. The Bertz CT molecular complexity index is 811. The molecule has 144 valence electrons. The van der Waals surface area contributed by atoms with Gasteiger partial charge in [-0.3, -0.25) is 9.78 Å². The number of aryl methyl sites for hydroxylation is 1. The zero-order valence-electron chi connectivity index (χ0n) is 16.7. The van der Waals surface area contributed by atoms with E-state index in [1.165, 1.54) is 16.8 Å². The van der Waals surface area contributed by atoms with Crippen LogP contribution in [0.2, 0.25) is 0 Å². The molecule has 0 aliphatic carbocycles. The van der Waals surface area contributed by atoms with E-state index in [4.69, 9.17) is 4.74 Å². The fraction of sp³-hybridized carbons (Fsp3) is 0.455. The largest absolute Gasteiger partial charge is 0.378 e. The molecule has 1 aliphatic rings. The van der Waals surface area contributed by atoms with Crippen LogP contribution in [0.1, 0.15) is 30.7 Å². The third-order valence-electron chi connectivity index (χ3n) is 5.19. The van der Waals surface area contributed by atoms with E-state index in [0.717, 1.165) is 43.1 Å². The molecule has 2 aromatic rings. The summed E-state index contributed by atoms with van der Waals surface area (Å²) in [6, 6.07) is 8.60. The fourth-order valence-corrected chi connectivity index (χ4v) is 3.33. The van der Waals surface area contributed by atoms with E-state index in [2.05, 4.69) is 46.4 Å². The molecular weight excluding hydrogens is 338 g/mol. The van der Waals surface area contributed by atoms with E-state index in [-0.39, 0.29) is 11.8 Å². The van der Waals surface area contributed by atoms with Gasteiger partial charge in [-0.15, -0.1) is 0 Å². The van der Waals surface area contributed by atoms with Gasteiger partial charge in [0.25, 0.3) is 0 Å². The van der Waals surface area contributed by atoms with Gasteiger partial charge in [-0.05, 0) is 54.3 Å². The van der Waals surface area contributed by atoms with Gasteiger partial charge < -0.3 is 15.0 Å². The molecule has 5 nitrogen and oxygen atoms in total. The van der Waals surface area contributed by atoms with Crippen LogP contribution in [0.3, 0.4) is 0 Å². The van der Waals surface area contributed by atoms with Crippen molar-refractivity contribution in [3.63, 3.8) is 0 Å². The van der Waals surface area contributed by atoms with Crippen LogP contribution in [0, 0.1) is 19.8 Å². The molecule has 1 amide bonds. The van der Waals surface area contributed by atoms with E-state index in [1.54, 1.807) is 0 Å². The van der Waals surface area contributed by atoms with Gasteiger partial charge in [0, 0.05) is 43.1 Å². The molecule has 1 fully saturated rings. The van der Waals surface area contributed by atoms with Crippen molar-refractivity contribution in [2.45, 2.75) is 34.2 Å². The number of amides is 1. The molecule has 0 bridgehead atoms. The Balaban J connectivity index is 1.97. The molecule has 0 saturated carbocycles.